The first-order valence-corrected chi connectivity index (χ1v) is 13.3. The van der Waals surface area contributed by atoms with Crippen molar-refractivity contribution in [2.24, 2.45) is 5.92 Å². The van der Waals surface area contributed by atoms with Gasteiger partial charge >= 0.3 is 0 Å². The fourth-order valence-corrected chi connectivity index (χ4v) is 4.54. The first kappa shape index (κ1) is 27.0. The second-order valence-electron chi connectivity index (χ2n) is 9.57. The number of nitrogens with zero attached hydrogens (tertiary/aromatic N) is 2. The minimum Gasteiger partial charge on any atom is -0.490 e. The van der Waals surface area contributed by atoms with Crippen molar-refractivity contribution in [1.82, 2.24) is 25.8 Å². The third kappa shape index (κ3) is 8.53. The molecule has 0 bridgehead atoms. The number of nitrogens with one attached hydrogen (secondary N) is 3. The number of hydrogen-bond acceptors (Lipinski definition) is 6. The molecule has 1 atom stereocenters. The van der Waals surface area contributed by atoms with E-state index in [9.17, 15) is 9.59 Å². The third-order valence-corrected chi connectivity index (χ3v) is 6.66. The maximum atomic E-state index is 12.6. The van der Waals surface area contributed by atoms with Crippen molar-refractivity contribution in [3.05, 3.63) is 35.3 Å². The normalized spacial score (nSPS) is 22.4. The van der Waals surface area contributed by atoms with Gasteiger partial charge in [-0.05, 0) is 56.1 Å². The van der Waals surface area contributed by atoms with Crippen molar-refractivity contribution in [3.63, 3.8) is 0 Å². The lowest BCUT2D eigenvalue weighted by atomic mass is 10.0. The van der Waals surface area contributed by atoms with Crippen molar-refractivity contribution in [2.45, 2.75) is 71.3 Å². The van der Waals surface area contributed by atoms with E-state index in [0.29, 0.717) is 19.1 Å². The molecule has 2 heterocycles. The molecule has 1 unspecified atom stereocenters. The number of amides is 2. The SMILES string of the molecule is CCCC/C=C1\C(C2CC2)NCCOc2c(CC)ccnc2CCCNC(=O)CNC(=O)CN1C. The van der Waals surface area contributed by atoms with Crippen molar-refractivity contribution < 1.29 is 14.3 Å². The van der Waals surface area contributed by atoms with Crippen molar-refractivity contribution in [3.8, 4) is 5.75 Å². The largest absolute Gasteiger partial charge is 0.490 e. The minimum atomic E-state index is -0.176. The molecular formula is C27H43N5O3. The molecule has 1 aliphatic carbocycles. The summed E-state index contributed by atoms with van der Waals surface area (Å²) >= 11 is 0. The number of allylic oxidation sites excluding steroid dienone is 1. The van der Waals surface area contributed by atoms with Gasteiger partial charge in [-0.25, -0.2) is 0 Å². The molecule has 3 rings (SSSR count). The van der Waals surface area contributed by atoms with Crippen molar-refractivity contribution >= 4 is 11.8 Å². The first-order chi connectivity index (χ1) is 17.0. The lowest BCUT2D eigenvalue weighted by Gasteiger charge is -2.30. The van der Waals surface area contributed by atoms with Crippen LogP contribution in [0.1, 0.15) is 63.6 Å². The van der Waals surface area contributed by atoms with Crippen LogP contribution in [0.25, 0.3) is 0 Å². The summed E-state index contributed by atoms with van der Waals surface area (Å²) in [6.07, 6.45) is 12.1. The van der Waals surface area contributed by atoms with Gasteiger partial charge in [-0.2, -0.15) is 0 Å². The number of carbonyl (C=O) groups is 2. The van der Waals surface area contributed by atoms with Gasteiger partial charge in [-0.15, -0.1) is 0 Å². The predicted octanol–water partition coefficient (Wildman–Crippen LogP) is 2.58. The van der Waals surface area contributed by atoms with Crippen LogP contribution in [0, 0.1) is 5.92 Å². The van der Waals surface area contributed by atoms with Gasteiger partial charge in [0.1, 0.15) is 12.4 Å². The van der Waals surface area contributed by atoms with Crippen LogP contribution in [-0.2, 0) is 22.4 Å². The topological polar surface area (TPSA) is 95.6 Å². The van der Waals surface area contributed by atoms with Crippen molar-refractivity contribution in [2.75, 3.05) is 39.8 Å². The zero-order valence-electron chi connectivity index (χ0n) is 21.7. The summed E-state index contributed by atoms with van der Waals surface area (Å²) in [5.74, 6) is 1.14. The Morgan fingerprint density at radius 3 is 2.74 bits per heavy atom. The van der Waals surface area contributed by atoms with Crippen LogP contribution in [0.3, 0.4) is 0 Å². The lowest BCUT2D eigenvalue weighted by Crippen LogP contribution is -2.45. The molecule has 1 aliphatic heterocycles. The molecule has 0 saturated heterocycles. The lowest BCUT2D eigenvalue weighted by molar-refractivity contribution is -0.126. The molecular weight excluding hydrogens is 442 g/mol. The number of unbranched alkanes of at least 4 members (excludes halogenated alkanes) is 2. The molecule has 1 saturated carbocycles. The fraction of sp³-hybridized carbons (Fsp3) is 0.667. The van der Waals surface area contributed by atoms with E-state index in [-0.39, 0.29) is 30.9 Å². The Morgan fingerprint density at radius 1 is 1.17 bits per heavy atom. The Balaban J connectivity index is 1.79. The fourth-order valence-electron chi connectivity index (χ4n) is 4.54. The third-order valence-electron chi connectivity index (χ3n) is 6.66. The summed E-state index contributed by atoms with van der Waals surface area (Å²) in [4.78, 5) is 31.4. The second kappa shape index (κ2) is 14.1. The molecule has 0 aromatic carbocycles. The molecule has 35 heavy (non-hydrogen) atoms. The van der Waals surface area contributed by atoms with E-state index in [1.807, 2.05) is 24.2 Å². The zero-order valence-corrected chi connectivity index (χ0v) is 21.7. The number of carbonyl (C=O) groups excluding carboxylic acids is 2. The van der Waals surface area contributed by atoms with E-state index >= 15 is 0 Å². The highest BCUT2D eigenvalue weighted by Crippen LogP contribution is 2.36. The summed E-state index contributed by atoms with van der Waals surface area (Å²) in [6.45, 7) is 6.34. The van der Waals surface area contributed by atoms with Gasteiger partial charge in [0.15, 0.2) is 0 Å². The molecule has 0 spiro atoms. The zero-order chi connectivity index (χ0) is 25.0. The van der Waals surface area contributed by atoms with Crippen LogP contribution >= 0.6 is 0 Å². The summed E-state index contributed by atoms with van der Waals surface area (Å²) in [6, 6.07) is 2.22. The number of hydrogen-bond donors (Lipinski definition) is 3. The van der Waals surface area contributed by atoms with Crippen LogP contribution in [0.5, 0.6) is 5.75 Å². The molecule has 8 heteroatoms. The van der Waals surface area contributed by atoms with Crippen LogP contribution in [0.4, 0.5) is 0 Å². The average molecular weight is 486 g/mol. The van der Waals surface area contributed by atoms with Gasteiger partial charge < -0.3 is 25.6 Å². The molecule has 1 fully saturated rings. The van der Waals surface area contributed by atoms with Gasteiger partial charge in [0.25, 0.3) is 0 Å². The molecule has 2 aliphatic rings. The Kier molecular flexibility index (Phi) is 10.8. The van der Waals surface area contributed by atoms with E-state index in [4.69, 9.17) is 4.74 Å². The maximum absolute atomic E-state index is 12.6. The second-order valence-corrected chi connectivity index (χ2v) is 9.57. The summed E-state index contributed by atoms with van der Waals surface area (Å²) in [5, 5.41) is 9.40. The summed E-state index contributed by atoms with van der Waals surface area (Å²) in [7, 11) is 1.97. The number of rotatable bonds is 5. The van der Waals surface area contributed by atoms with E-state index in [1.165, 1.54) is 12.8 Å². The van der Waals surface area contributed by atoms with E-state index < -0.39 is 0 Å². The molecule has 3 N–H and O–H groups in total. The van der Waals surface area contributed by atoms with Crippen LogP contribution in [0.15, 0.2) is 24.0 Å². The molecule has 2 amide bonds. The number of aromatic nitrogens is 1. The highest BCUT2D eigenvalue weighted by Gasteiger charge is 2.35. The van der Waals surface area contributed by atoms with Crippen LogP contribution in [-0.4, -0.2) is 67.6 Å². The van der Waals surface area contributed by atoms with Gasteiger partial charge in [-0.1, -0.05) is 32.8 Å². The number of fused-ring (bicyclic) bond motifs is 1. The molecule has 0 radical (unpaired) electrons. The number of likely N-dealkylation sites (N-methyl/N-ethyl adjacent to an activating group) is 1. The van der Waals surface area contributed by atoms with E-state index in [0.717, 1.165) is 67.8 Å². The Morgan fingerprint density at radius 2 is 2.00 bits per heavy atom. The Labute approximate surface area is 210 Å². The Hall–Kier alpha value is -2.61. The van der Waals surface area contributed by atoms with E-state index in [1.54, 1.807) is 0 Å². The van der Waals surface area contributed by atoms with Gasteiger partial charge in [0.05, 0.1) is 18.8 Å². The highest BCUT2D eigenvalue weighted by atomic mass is 16.5. The monoisotopic (exact) mass is 485 g/mol. The van der Waals surface area contributed by atoms with Crippen LogP contribution in [0.2, 0.25) is 0 Å². The number of pyridine rings is 1. The standard InChI is InChI=1S/C27H43N5O3/c1-4-6-7-10-23-26(21-11-12-21)30-16-17-35-27-20(5-2)13-15-28-22(27)9-8-14-29-24(33)18-31-25(34)19-32(23)3/h10,13,15,21,26,30H,4-9,11-12,14,16-19H2,1-3H3,(H,29,33)(H,31,34)/b23-10+. The molecule has 1 aromatic heterocycles. The smallest absolute Gasteiger partial charge is 0.239 e. The van der Waals surface area contributed by atoms with E-state index in [2.05, 4.69) is 40.9 Å². The minimum absolute atomic E-state index is 0.0101. The number of aryl methyl sites for hydroxylation is 2. The molecule has 194 valence electrons. The molecule has 8 nitrogen and oxygen atoms in total. The van der Waals surface area contributed by atoms with Gasteiger partial charge in [0, 0.05) is 38.1 Å². The average Bonchev–Trinajstić information content (AvgIpc) is 3.69. The van der Waals surface area contributed by atoms with Gasteiger partial charge in [-0.3, -0.25) is 14.6 Å². The summed E-state index contributed by atoms with van der Waals surface area (Å²) in [5.41, 5.74) is 3.26. The Bertz CT molecular complexity index is 868. The first-order valence-electron chi connectivity index (χ1n) is 13.3. The van der Waals surface area contributed by atoms with Gasteiger partial charge in [0.2, 0.25) is 11.8 Å². The molecule has 1 aromatic rings. The highest BCUT2D eigenvalue weighted by molar-refractivity contribution is 5.85. The predicted molar refractivity (Wildman–Crippen MR) is 138 cm³/mol. The van der Waals surface area contributed by atoms with Crippen molar-refractivity contribution in [1.29, 1.82) is 0 Å². The maximum Gasteiger partial charge on any atom is 0.239 e. The quantitative estimate of drug-likeness (QED) is 0.555. The van der Waals surface area contributed by atoms with Crippen LogP contribution < -0.4 is 20.7 Å². The summed E-state index contributed by atoms with van der Waals surface area (Å²) < 4.78 is 6.29. The number of ether oxygens (including phenoxy) is 1.